The standard InChI is InChI=1S/C25H26ClN3O4/c26-18-6-8-19(9-7-18)27-25(31)29(20-4-2-1-3-5-20)15-17-12-16-13-22-23(33-11-10-32-22)14-21(16)28-24(17)30/h6-9,12-14,20H,1-5,10-11,15H2,(H,27,31)(H,28,30). The fraction of sp³-hybridized carbons (Fsp3) is 0.360. The van der Waals surface area contributed by atoms with Crippen LogP contribution in [0, 0.1) is 0 Å². The van der Waals surface area contributed by atoms with Gasteiger partial charge < -0.3 is 24.7 Å². The van der Waals surface area contributed by atoms with E-state index >= 15 is 0 Å². The Morgan fingerprint density at radius 2 is 1.73 bits per heavy atom. The largest absolute Gasteiger partial charge is 0.486 e. The van der Waals surface area contributed by atoms with Crippen molar-refractivity contribution in [3.63, 3.8) is 0 Å². The second kappa shape index (κ2) is 9.35. The van der Waals surface area contributed by atoms with Crippen LogP contribution in [-0.4, -0.2) is 35.2 Å². The summed E-state index contributed by atoms with van der Waals surface area (Å²) in [7, 11) is 0. The number of ether oxygens (including phenoxy) is 2. The van der Waals surface area contributed by atoms with Gasteiger partial charge in [0.1, 0.15) is 13.2 Å². The fourth-order valence-electron chi connectivity index (χ4n) is 4.58. The molecule has 1 aromatic heterocycles. The average molecular weight is 468 g/mol. The molecule has 1 saturated carbocycles. The van der Waals surface area contributed by atoms with Gasteiger partial charge in [-0.3, -0.25) is 4.79 Å². The van der Waals surface area contributed by atoms with Crippen LogP contribution in [0.3, 0.4) is 0 Å². The van der Waals surface area contributed by atoms with Gasteiger partial charge in [0.05, 0.1) is 12.1 Å². The van der Waals surface area contributed by atoms with Gasteiger partial charge in [-0.25, -0.2) is 4.79 Å². The van der Waals surface area contributed by atoms with Gasteiger partial charge in [-0.05, 0) is 49.2 Å². The van der Waals surface area contributed by atoms with Crippen LogP contribution in [0.1, 0.15) is 37.7 Å². The molecular formula is C25H26ClN3O4. The molecular weight excluding hydrogens is 442 g/mol. The molecule has 2 N–H and O–H groups in total. The minimum Gasteiger partial charge on any atom is -0.486 e. The number of aromatic nitrogens is 1. The first-order chi connectivity index (χ1) is 16.1. The molecule has 2 amide bonds. The highest BCUT2D eigenvalue weighted by Crippen LogP contribution is 2.34. The van der Waals surface area contributed by atoms with Crippen molar-refractivity contribution in [2.75, 3.05) is 18.5 Å². The lowest BCUT2D eigenvalue weighted by Gasteiger charge is -2.34. The molecule has 0 radical (unpaired) electrons. The number of anilines is 1. The van der Waals surface area contributed by atoms with Gasteiger partial charge in [-0.1, -0.05) is 30.9 Å². The summed E-state index contributed by atoms with van der Waals surface area (Å²) in [6.07, 6.45) is 5.18. The maximum atomic E-state index is 13.3. The number of benzene rings is 2. The molecule has 0 atom stereocenters. The smallest absolute Gasteiger partial charge is 0.322 e. The topological polar surface area (TPSA) is 83.7 Å². The van der Waals surface area contributed by atoms with Gasteiger partial charge in [0.25, 0.3) is 5.56 Å². The molecule has 2 aromatic carbocycles. The summed E-state index contributed by atoms with van der Waals surface area (Å²) in [6.45, 7) is 1.21. The third-order valence-electron chi connectivity index (χ3n) is 6.30. The number of urea groups is 1. The molecule has 2 heterocycles. The van der Waals surface area contributed by atoms with E-state index in [0.29, 0.717) is 46.5 Å². The Morgan fingerprint density at radius 1 is 1.03 bits per heavy atom. The first kappa shape index (κ1) is 21.6. The number of nitrogens with zero attached hydrogens (tertiary/aromatic N) is 1. The number of rotatable bonds is 4. The van der Waals surface area contributed by atoms with Crippen LogP contribution in [0.25, 0.3) is 10.9 Å². The minimum atomic E-state index is -0.217. The van der Waals surface area contributed by atoms with E-state index < -0.39 is 0 Å². The highest BCUT2D eigenvalue weighted by molar-refractivity contribution is 6.30. The van der Waals surface area contributed by atoms with Crippen LogP contribution in [0.2, 0.25) is 5.02 Å². The lowest BCUT2D eigenvalue weighted by molar-refractivity contribution is 0.162. The Balaban J connectivity index is 1.45. The number of H-pyrrole nitrogens is 1. The fourth-order valence-corrected chi connectivity index (χ4v) is 4.70. The molecule has 1 aliphatic heterocycles. The van der Waals surface area contributed by atoms with Crippen LogP contribution < -0.4 is 20.3 Å². The zero-order chi connectivity index (χ0) is 22.8. The Hall–Kier alpha value is -3.19. The predicted octanol–water partition coefficient (Wildman–Crippen LogP) is 5.32. The van der Waals surface area contributed by atoms with Crippen molar-refractivity contribution in [3.8, 4) is 11.5 Å². The van der Waals surface area contributed by atoms with Crippen molar-refractivity contribution in [3.05, 3.63) is 63.4 Å². The third kappa shape index (κ3) is 4.78. The predicted molar refractivity (Wildman–Crippen MR) is 128 cm³/mol. The minimum absolute atomic E-state index is 0.0846. The third-order valence-corrected chi connectivity index (χ3v) is 6.55. The van der Waals surface area contributed by atoms with E-state index in [0.717, 1.165) is 31.1 Å². The molecule has 0 unspecified atom stereocenters. The number of carbonyl (C=O) groups excluding carboxylic acids is 1. The number of amides is 2. The summed E-state index contributed by atoms with van der Waals surface area (Å²) in [5.74, 6) is 1.29. The van der Waals surface area contributed by atoms with Crippen LogP contribution in [0.5, 0.6) is 11.5 Å². The number of halogens is 1. The zero-order valence-corrected chi connectivity index (χ0v) is 19.0. The van der Waals surface area contributed by atoms with Crippen molar-refractivity contribution >= 4 is 34.2 Å². The second-order valence-electron chi connectivity index (χ2n) is 8.56. The van der Waals surface area contributed by atoms with Gasteiger partial charge in [0, 0.05) is 33.8 Å². The molecule has 1 aliphatic carbocycles. The summed E-state index contributed by atoms with van der Waals surface area (Å²) in [5.41, 5.74) is 1.68. The monoisotopic (exact) mass is 467 g/mol. The molecule has 0 bridgehead atoms. The lowest BCUT2D eigenvalue weighted by atomic mass is 9.94. The highest BCUT2D eigenvalue weighted by atomic mass is 35.5. The van der Waals surface area contributed by atoms with Crippen LogP contribution >= 0.6 is 11.6 Å². The maximum Gasteiger partial charge on any atom is 0.322 e. The van der Waals surface area contributed by atoms with E-state index in [1.54, 1.807) is 35.2 Å². The van der Waals surface area contributed by atoms with Gasteiger partial charge in [0.15, 0.2) is 11.5 Å². The molecule has 7 nitrogen and oxygen atoms in total. The van der Waals surface area contributed by atoms with Crippen molar-refractivity contribution in [1.82, 2.24) is 9.88 Å². The van der Waals surface area contributed by atoms with Crippen molar-refractivity contribution < 1.29 is 14.3 Å². The normalized spacial score (nSPS) is 15.9. The van der Waals surface area contributed by atoms with Crippen molar-refractivity contribution in [1.29, 1.82) is 0 Å². The van der Waals surface area contributed by atoms with E-state index in [-0.39, 0.29) is 24.2 Å². The summed E-state index contributed by atoms with van der Waals surface area (Å²) in [6, 6.07) is 12.4. The average Bonchev–Trinajstić information content (AvgIpc) is 2.83. The summed E-state index contributed by atoms with van der Waals surface area (Å²) < 4.78 is 11.3. The summed E-state index contributed by atoms with van der Waals surface area (Å²) in [5, 5.41) is 4.41. The number of hydrogen-bond acceptors (Lipinski definition) is 4. The van der Waals surface area contributed by atoms with Gasteiger partial charge in [-0.2, -0.15) is 0 Å². The summed E-state index contributed by atoms with van der Waals surface area (Å²) in [4.78, 5) is 31.0. The molecule has 0 saturated heterocycles. The van der Waals surface area contributed by atoms with Crippen LogP contribution in [0.4, 0.5) is 10.5 Å². The quantitative estimate of drug-likeness (QED) is 0.544. The molecule has 5 rings (SSSR count). The number of pyridine rings is 1. The lowest BCUT2D eigenvalue weighted by Crippen LogP contribution is -2.44. The molecule has 2 aliphatic rings. The molecule has 0 spiro atoms. The van der Waals surface area contributed by atoms with Crippen LogP contribution in [0.15, 0.2) is 47.3 Å². The Labute approximate surface area is 196 Å². The van der Waals surface area contributed by atoms with Crippen LogP contribution in [-0.2, 0) is 6.54 Å². The highest BCUT2D eigenvalue weighted by Gasteiger charge is 2.27. The van der Waals surface area contributed by atoms with E-state index in [2.05, 4.69) is 10.3 Å². The van der Waals surface area contributed by atoms with Gasteiger partial charge in [0.2, 0.25) is 0 Å². The number of carbonyl (C=O) groups is 1. The molecule has 1 fully saturated rings. The molecule has 33 heavy (non-hydrogen) atoms. The van der Waals surface area contributed by atoms with E-state index in [1.807, 2.05) is 12.1 Å². The van der Waals surface area contributed by atoms with E-state index in [4.69, 9.17) is 21.1 Å². The molecule has 8 heteroatoms. The van der Waals surface area contributed by atoms with Gasteiger partial charge in [-0.15, -0.1) is 0 Å². The SMILES string of the molecule is O=C(Nc1ccc(Cl)cc1)N(Cc1cc2cc3c(cc2[nH]c1=O)OCCO3)C1CCCCC1. The van der Waals surface area contributed by atoms with E-state index in [1.165, 1.54) is 6.42 Å². The van der Waals surface area contributed by atoms with Crippen molar-refractivity contribution in [2.45, 2.75) is 44.7 Å². The molecule has 3 aromatic rings. The maximum absolute atomic E-state index is 13.3. The summed E-state index contributed by atoms with van der Waals surface area (Å²) >= 11 is 5.97. The Morgan fingerprint density at radius 3 is 2.45 bits per heavy atom. The zero-order valence-electron chi connectivity index (χ0n) is 18.2. The number of hydrogen-bond donors (Lipinski definition) is 2. The second-order valence-corrected chi connectivity index (χ2v) is 9.00. The number of fused-ring (bicyclic) bond motifs is 2. The number of aromatic amines is 1. The van der Waals surface area contributed by atoms with Crippen molar-refractivity contribution in [2.24, 2.45) is 0 Å². The van der Waals surface area contributed by atoms with Gasteiger partial charge >= 0.3 is 6.03 Å². The Kier molecular flexibility index (Phi) is 6.13. The molecule has 172 valence electrons. The number of nitrogens with one attached hydrogen (secondary N) is 2. The first-order valence-electron chi connectivity index (χ1n) is 11.4. The first-order valence-corrected chi connectivity index (χ1v) is 11.7. The Bertz CT molecular complexity index is 1220. The van der Waals surface area contributed by atoms with E-state index in [9.17, 15) is 9.59 Å².